The maximum atomic E-state index is 13.8. The first kappa shape index (κ1) is 29.2. The second-order valence-electron chi connectivity index (χ2n) is 13.5. The molecular formula is C47H28N2O2S. The first-order valence-electron chi connectivity index (χ1n) is 17.4. The number of para-hydroxylation sites is 2. The summed E-state index contributed by atoms with van der Waals surface area (Å²) in [5.74, 6) is 0.705. The molecule has 1 aliphatic heterocycles. The zero-order valence-corrected chi connectivity index (χ0v) is 28.6. The van der Waals surface area contributed by atoms with Crippen LogP contribution in [0.2, 0.25) is 0 Å². The molecule has 0 saturated heterocycles. The summed E-state index contributed by atoms with van der Waals surface area (Å²) >= 11 is 0. The average molecular weight is 685 g/mol. The number of hydrogen-bond donors (Lipinski definition) is 0. The molecule has 2 heterocycles. The molecule has 0 spiro atoms. The van der Waals surface area contributed by atoms with Gasteiger partial charge < -0.3 is 0 Å². The van der Waals surface area contributed by atoms with Crippen LogP contribution in [0, 0.1) is 0 Å². The summed E-state index contributed by atoms with van der Waals surface area (Å²) in [5.41, 5.74) is 7.41. The van der Waals surface area contributed by atoms with Gasteiger partial charge in [0.15, 0.2) is 0 Å². The van der Waals surface area contributed by atoms with Crippen molar-refractivity contribution in [3.05, 3.63) is 170 Å². The van der Waals surface area contributed by atoms with Crippen molar-refractivity contribution in [2.45, 2.75) is 9.79 Å². The normalized spacial score (nSPS) is 13.3. The second-order valence-corrected chi connectivity index (χ2v) is 15.4. The van der Waals surface area contributed by atoms with Crippen molar-refractivity contribution in [1.82, 2.24) is 9.55 Å². The van der Waals surface area contributed by atoms with Crippen LogP contribution in [-0.4, -0.2) is 18.0 Å². The van der Waals surface area contributed by atoms with Gasteiger partial charge in [-0.1, -0.05) is 127 Å². The minimum absolute atomic E-state index is 0.282. The van der Waals surface area contributed by atoms with Crippen LogP contribution in [0.4, 0.5) is 0 Å². The third-order valence-corrected chi connectivity index (χ3v) is 12.5. The number of benzene rings is 9. The Kier molecular flexibility index (Phi) is 6.02. The van der Waals surface area contributed by atoms with Gasteiger partial charge in [0, 0.05) is 5.56 Å². The van der Waals surface area contributed by atoms with Crippen molar-refractivity contribution in [3.63, 3.8) is 0 Å². The molecule has 9 aromatic carbocycles. The van der Waals surface area contributed by atoms with E-state index in [0.717, 1.165) is 33.0 Å². The lowest BCUT2D eigenvalue weighted by Gasteiger charge is -2.21. The lowest BCUT2D eigenvalue weighted by atomic mass is 9.84. The molecule has 0 N–H and O–H groups in total. The smallest absolute Gasteiger partial charge is 0.210 e. The van der Waals surface area contributed by atoms with E-state index in [1.54, 1.807) is 24.3 Å². The molecule has 0 bridgehead atoms. The van der Waals surface area contributed by atoms with Crippen molar-refractivity contribution in [3.8, 4) is 39.3 Å². The van der Waals surface area contributed by atoms with Gasteiger partial charge in [-0.15, -0.1) is 0 Å². The van der Waals surface area contributed by atoms with E-state index in [1.807, 2.05) is 22.8 Å². The Balaban J connectivity index is 1.27. The van der Waals surface area contributed by atoms with Crippen LogP contribution in [0.3, 0.4) is 0 Å². The number of hydrogen-bond acceptors (Lipinski definition) is 3. The lowest BCUT2D eigenvalue weighted by molar-refractivity contribution is 0.594. The van der Waals surface area contributed by atoms with Crippen LogP contribution in [0.25, 0.3) is 93.5 Å². The Bertz CT molecular complexity index is 3270. The second kappa shape index (κ2) is 10.7. The highest BCUT2D eigenvalue weighted by Gasteiger charge is 2.33. The van der Waals surface area contributed by atoms with Crippen LogP contribution in [0.1, 0.15) is 0 Å². The summed E-state index contributed by atoms with van der Waals surface area (Å²) < 4.78 is 29.7. The van der Waals surface area contributed by atoms with Crippen LogP contribution in [-0.2, 0) is 9.84 Å². The number of aromatic nitrogens is 2. The molecule has 5 heteroatoms. The summed E-state index contributed by atoms with van der Waals surface area (Å²) in [4.78, 5) is 5.72. The molecule has 0 atom stereocenters. The quantitative estimate of drug-likeness (QED) is 0.174. The Labute approximate surface area is 299 Å². The highest BCUT2D eigenvalue weighted by molar-refractivity contribution is 7.92. The molecule has 1 aromatic heterocycles. The van der Waals surface area contributed by atoms with Crippen molar-refractivity contribution in [2.24, 2.45) is 0 Å². The number of fused-ring (bicyclic) bond motifs is 6. The summed E-state index contributed by atoms with van der Waals surface area (Å²) in [6, 6.07) is 58.4. The first-order chi connectivity index (χ1) is 25.5. The Morgan fingerprint density at radius 2 is 0.962 bits per heavy atom. The Morgan fingerprint density at radius 1 is 0.423 bits per heavy atom. The van der Waals surface area contributed by atoms with Crippen LogP contribution in [0.5, 0.6) is 0 Å². The van der Waals surface area contributed by atoms with Crippen LogP contribution >= 0.6 is 0 Å². The van der Waals surface area contributed by atoms with Crippen molar-refractivity contribution >= 4 is 64.0 Å². The largest absolute Gasteiger partial charge is 0.290 e. The van der Waals surface area contributed by atoms with E-state index >= 15 is 0 Å². The molecule has 52 heavy (non-hydrogen) atoms. The molecule has 10 aromatic rings. The van der Waals surface area contributed by atoms with Crippen molar-refractivity contribution < 1.29 is 8.42 Å². The number of imidazole rings is 1. The number of nitrogens with zero attached hydrogens (tertiary/aromatic N) is 2. The van der Waals surface area contributed by atoms with Gasteiger partial charge in [-0.25, -0.2) is 13.4 Å². The first-order valence-corrected chi connectivity index (χ1v) is 18.9. The maximum absolute atomic E-state index is 13.8. The Hall–Kier alpha value is -6.56. The van der Waals surface area contributed by atoms with Gasteiger partial charge in [-0.3, -0.25) is 4.57 Å². The molecule has 0 saturated carbocycles. The molecule has 0 fully saturated rings. The van der Waals surface area contributed by atoms with Gasteiger partial charge in [0.25, 0.3) is 0 Å². The predicted octanol–water partition coefficient (Wildman–Crippen LogP) is 11.8. The van der Waals surface area contributed by atoms with E-state index in [9.17, 15) is 8.42 Å². The molecule has 0 unspecified atom stereocenters. The highest BCUT2D eigenvalue weighted by atomic mass is 32.2. The molecular weight excluding hydrogens is 657 g/mol. The lowest BCUT2D eigenvalue weighted by Crippen LogP contribution is -2.14. The molecule has 0 radical (unpaired) electrons. The zero-order valence-electron chi connectivity index (χ0n) is 27.8. The van der Waals surface area contributed by atoms with Gasteiger partial charge >= 0.3 is 0 Å². The van der Waals surface area contributed by atoms with Gasteiger partial charge in [0.1, 0.15) is 5.82 Å². The van der Waals surface area contributed by atoms with E-state index in [0.29, 0.717) is 22.5 Å². The minimum atomic E-state index is -3.71. The third kappa shape index (κ3) is 4.08. The monoisotopic (exact) mass is 684 g/mol. The summed E-state index contributed by atoms with van der Waals surface area (Å²) in [5, 5.41) is 9.37. The van der Waals surface area contributed by atoms with E-state index < -0.39 is 9.84 Å². The topological polar surface area (TPSA) is 52.0 Å². The van der Waals surface area contributed by atoms with Crippen molar-refractivity contribution in [1.29, 1.82) is 0 Å². The molecule has 244 valence electrons. The maximum Gasteiger partial charge on any atom is 0.210 e. The van der Waals surface area contributed by atoms with E-state index in [1.165, 1.54) is 37.9 Å². The van der Waals surface area contributed by atoms with Gasteiger partial charge in [0.2, 0.25) is 9.84 Å². The van der Waals surface area contributed by atoms with E-state index in [2.05, 4.69) is 127 Å². The van der Waals surface area contributed by atoms with Gasteiger partial charge in [0.05, 0.1) is 26.5 Å². The molecule has 4 nitrogen and oxygen atoms in total. The fraction of sp³-hybridized carbons (Fsp3) is 0. The van der Waals surface area contributed by atoms with Crippen molar-refractivity contribution in [2.75, 3.05) is 0 Å². The predicted molar refractivity (Wildman–Crippen MR) is 213 cm³/mol. The Morgan fingerprint density at radius 3 is 1.65 bits per heavy atom. The van der Waals surface area contributed by atoms with E-state index in [-0.39, 0.29) is 9.79 Å². The van der Waals surface area contributed by atoms with Crippen LogP contribution < -0.4 is 0 Å². The minimum Gasteiger partial charge on any atom is -0.290 e. The molecule has 11 rings (SSSR count). The van der Waals surface area contributed by atoms with Gasteiger partial charge in [-0.05, 0) is 108 Å². The standard InChI is InChI=1S/C47H28N2O2S/c50-52(51)42-18-8-7-17-41(42)49-46-40(16-9-19-43(46)52)48-47(49)35-24-25-38-39(28-35)45(34-23-21-30-11-2-4-13-32(30)27-34)37-15-6-5-14-36(37)44(38)33-22-20-29-10-1-3-12-31(29)26-33/h1-28H. The third-order valence-electron chi connectivity index (χ3n) is 10.7. The fourth-order valence-electron chi connectivity index (χ4n) is 8.36. The molecule has 0 aliphatic carbocycles. The highest BCUT2D eigenvalue weighted by Crippen LogP contribution is 2.47. The van der Waals surface area contributed by atoms with Crippen LogP contribution in [0.15, 0.2) is 180 Å². The molecule has 1 aliphatic rings. The fourth-order valence-corrected chi connectivity index (χ4v) is 9.99. The summed E-state index contributed by atoms with van der Waals surface area (Å²) in [6.45, 7) is 0. The summed E-state index contributed by atoms with van der Waals surface area (Å²) in [6.07, 6.45) is 0. The number of rotatable bonds is 3. The average Bonchev–Trinajstić information content (AvgIpc) is 3.59. The van der Waals surface area contributed by atoms with Gasteiger partial charge in [-0.2, -0.15) is 0 Å². The number of sulfone groups is 1. The SMILES string of the molecule is O=S1(=O)c2ccccc2-n2c(-c3ccc4c(-c5ccc6ccccc6c5)c5ccccc5c(-c5ccc6ccccc6c5)c4c3)nc3cccc1c32. The van der Waals surface area contributed by atoms with E-state index in [4.69, 9.17) is 4.98 Å². The summed E-state index contributed by atoms with van der Waals surface area (Å²) in [7, 11) is -3.71. The molecule has 0 amide bonds. The zero-order chi connectivity index (χ0) is 34.6.